The summed E-state index contributed by atoms with van der Waals surface area (Å²) >= 11 is 0. The Morgan fingerprint density at radius 1 is 1.25 bits per heavy atom. The molecule has 9 heteroatoms. The van der Waals surface area contributed by atoms with E-state index in [0.29, 0.717) is 17.0 Å². The zero-order chi connectivity index (χ0) is 22.7. The molecule has 0 saturated heterocycles. The average Bonchev–Trinajstić information content (AvgIpc) is 3.22. The van der Waals surface area contributed by atoms with Crippen molar-refractivity contribution < 1.29 is 9.18 Å². The Morgan fingerprint density at radius 2 is 2.00 bits per heavy atom. The fourth-order valence-electron chi connectivity index (χ4n) is 4.07. The molecule has 4 rings (SSSR count). The van der Waals surface area contributed by atoms with Gasteiger partial charge in [-0.3, -0.25) is 9.20 Å². The topological polar surface area (TPSA) is 83.3 Å². The number of nitrogens with zero attached hydrogens (tertiary/aromatic N) is 3. The third-order valence-corrected chi connectivity index (χ3v) is 5.79. The number of anilines is 2. The Balaban J connectivity index is 1.35. The van der Waals surface area contributed by atoms with E-state index in [-0.39, 0.29) is 23.7 Å². The van der Waals surface area contributed by atoms with Crippen LogP contribution in [0.4, 0.5) is 16.0 Å². The second-order valence-corrected chi connectivity index (χ2v) is 8.47. The van der Waals surface area contributed by atoms with Gasteiger partial charge in [-0.15, -0.1) is 0 Å². The SMILES string of the molecule is [B]C(C)(F)c1cn2c(NC3CCC(NC(=O)c4ccnc(NCC)c4)CC3)cccc2n1. The van der Waals surface area contributed by atoms with Crippen molar-refractivity contribution in [1.82, 2.24) is 19.7 Å². The van der Waals surface area contributed by atoms with Crippen LogP contribution in [0.5, 0.6) is 0 Å². The third kappa shape index (κ3) is 5.03. The van der Waals surface area contributed by atoms with Gasteiger partial charge in [-0.05, 0) is 63.8 Å². The molecule has 0 spiro atoms. The predicted molar refractivity (Wildman–Crippen MR) is 125 cm³/mol. The molecule has 0 aromatic carbocycles. The lowest BCUT2D eigenvalue weighted by atomic mass is 9.83. The molecule has 1 fully saturated rings. The zero-order valence-corrected chi connectivity index (χ0v) is 18.4. The van der Waals surface area contributed by atoms with Crippen molar-refractivity contribution in [3.05, 3.63) is 54.0 Å². The standard InChI is InChI=1S/C23H28BFN6O/c1-3-26-19-13-15(11-12-27-19)22(32)29-17-9-7-16(8-10-17)28-20-5-4-6-21-30-18(14-31(20)21)23(2,24)25/h4-6,11-14,16-17,28H,3,7-10H2,1-2H3,(H,26,27)(H,29,32). The summed E-state index contributed by atoms with van der Waals surface area (Å²) in [7, 11) is 5.57. The fourth-order valence-corrected chi connectivity index (χ4v) is 4.07. The quantitative estimate of drug-likeness (QED) is 0.495. The Labute approximate surface area is 188 Å². The van der Waals surface area contributed by atoms with Gasteiger partial charge in [-0.2, -0.15) is 0 Å². The Kier molecular flexibility index (Phi) is 6.34. The molecule has 3 aromatic heterocycles. The molecule has 3 N–H and O–H groups in total. The number of fused-ring (bicyclic) bond motifs is 1. The summed E-state index contributed by atoms with van der Waals surface area (Å²) in [5.41, 5.74) is -0.526. The van der Waals surface area contributed by atoms with Gasteiger partial charge in [-0.25, -0.2) is 14.4 Å². The van der Waals surface area contributed by atoms with E-state index in [0.717, 1.165) is 38.0 Å². The summed E-state index contributed by atoms with van der Waals surface area (Å²) in [6, 6.07) is 9.56. The number of pyridine rings is 2. The highest BCUT2D eigenvalue weighted by molar-refractivity contribution is 6.14. The number of hydrogen-bond donors (Lipinski definition) is 3. The maximum Gasteiger partial charge on any atom is 0.251 e. The number of aromatic nitrogens is 3. The number of carbonyl (C=O) groups excluding carboxylic acids is 1. The smallest absolute Gasteiger partial charge is 0.251 e. The van der Waals surface area contributed by atoms with Crippen LogP contribution in [0.1, 0.15) is 55.6 Å². The predicted octanol–water partition coefficient (Wildman–Crippen LogP) is 3.62. The number of alkyl halides is 1. The van der Waals surface area contributed by atoms with Crippen LogP contribution in [0.3, 0.4) is 0 Å². The van der Waals surface area contributed by atoms with Crippen molar-refractivity contribution in [2.45, 2.75) is 57.2 Å². The molecule has 2 radical (unpaired) electrons. The second kappa shape index (κ2) is 9.18. The lowest BCUT2D eigenvalue weighted by molar-refractivity contribution is 0.0926. The van der Waals surface area contributed by atoms with E-state index >= 15 is 0 Å². The molecular weight excluding hydrogens is 406 g/mol. The van der Waals surface area contributed by atoms with Crippen LogP contribution in [-0.4, -0.2) is 46.8 Å². The van der Waals surface area contributed by atoms with E-state index in [2.05, 4.69) is 25.9 Å². The monoisotopic (exact) mass is 434 g/mol. The first-order valence-electron chi connectivity index (χ1n) is 11.1. The highest BCUT2D eigenvalue weighted by atomic mass is 19.1. The van der Waals surface area contributed by atoms with Gasteiger partial charge in [0.25, 0.3) is 5.91 Å². The fraction of sp³-hybridized carbons (Fsp3) is 0.435. The van der Waals surface area contributed by atoms with Gasteiger partial charge in [0.1, 0.15) is 30.7 Å². The summed E-state index contributed by atoms with van der Waals surface area (Å²) in [5, 5.41) is 9.82. The summed E-state index contributed by atoms with van der Waals surface area (Å²) < 4.78 is 16.0. The van der Waals surface area contributed by atoms with Gasteiger partial charge in [0.2, 0.25) is 0 Å². The summed E-state index contributed by atoms with van der Waals surface area (Å²) in [6.07, 6.45) is 6.88. The van der Waals surface area contributed by atoms with Crippen LogP contribution in [0.15, 0.2) is 42.7 Å². The first-order valence-corrected chi connectivity index (χ1v) is 11.1. The van der Waals surface area contributed by atoms with E-state index in [4.69, 9.17) is 7.85 Å². The average molecular weight is 434 g/mol. The summed E-state index contributed by atoms with van der Waals surface area (Å²) in [5.74, 6) is 1.48. The Bertz CT molecular complexity index is 1090. The molecular formula is C23H28BFN6O. The minimum atomic E-state index is -1.98. The normalized spacial score (nSPS) is 20.5. The van der Waals surface area contributed by atoms with E-state index in [1.165, 1.54) is 6.92 Å². The maximum absolute atomic E-state index is 14.1. The molecule has 32 heavy (non-hydrogen) atoms. The first kappa shape index (κ1) is 22.1. The Morgan fingerprint density at radius 3 is 2.72 bits per heavy atom. The van der Waals surface area contributed by atoms with Crippen molar-refractivity contribution >= 4 is 31.0 Å². The van der Waals surface area contributed by atoms with Gasteiger partial charge in [-0.1, -0.05) is 6.07 Å². The number of amides is 1. The van der Waals surface area contributed by atoms with Crippen LogP contribution in [0.2, 0.25) is 0 Å². The molecule has 1 atom stereocenters. The highest BCUT2D eigenvalue weighted by Crippen LogP contribution is 2.26. The molecule has 3 heterocycles. The number of hydrogen-bond acceptors (Lipinski definition) is 5. The molecule has 1 saturated carbocycles. The van der Waals surface area contributed by atoms with Gasteiger partial charge >= 0.3 is 0 Å². The molecule has 1 amide bonds. The maximum atomic E-state index is 14.1. The van der Waals surface area contributed by atoms with Crippen molar-refractivity contribution in [3.63, 3.8) is 0 Å². The van der Waals surface area contributed by atoms with Crippen LogP contribution >= 0.6 is 0 Å². The molecule has 7 nitrogen and oxygen atoms in total. The minimum absolute atomic E-state index is 0.0743. The molecule has 3 aromatic rings. The van der Waals surface area contributed by atoms with E-state index in [1.807, 2.05) is 29.5 Å². The molecule has 0 aliphatic heterocycles. The summed E-state index contributed by atoms with van der Waals surface area (Å²) in [4.78, 5) is 21.1. The van der Waals surface area contributed by atoms with E-state index in [9.17, 15) is 9.18 Å². The van der Waals surface area contributed by atoms with E-state index < -0.39 is 5.57 Å². The largest absolute Gasteiger partial charge is 0.370 e. The van der Waals surface area contributed by atoms with Gasteiger partial charge < -0.3 is 16.0 Å². The summed E-state index contributed by atoms with van der Waals surface area (Å²) in [6.45, 7) is 4.04. The van der Waals surface area contributed by atoms with Crippen molar-refractivity contribution in [3.8, 4) is 0 Å². The second-order valence-electron chi connectivity index (χ2n) is 8.47. The Hall–Kier alpha value is -3.10. The zero-order valence-electron chi connectivity index (χ0n) is 18.4. The lowest BCUT2D eigenvalue weighted by Crippen LogP contribution is -2.40. The number of nitrogens with one attached hydrogen (secondary N) is 3. The van der Waals surface area contributed by atoms with Crippen LogP contribution in [0, 0.1) is 0 Å². The van der Waals surface area contributed by atoms with Crippen LogP contribution in [0.25, 0.3) is 5.65 Å². The number of rotatable bonds is 7. The van der Waals surface area contributed by atoms with Gasteiger partial charge in [0.15, 0.2) is 0 Å². The molecule has 1 aliphatic rings. The first-order chi connectivity index (χ1) is 15.3. The number of imidazole rings is 1. The number of carbonyl (C=O) groups is 1. The highest BCUT2D eigenvalue weighted by Gasteiger charge is 2.25. The molecule has 166 valence electrons. The van der Waals surface area contributed by atoms with Crippen molar-refractivity contribution in [1.29, 1.82) is 0 Å². The van der Waals surface area contributed by atoms with Gasteiger partial charge in [0.05, 0.1) is 5.69 Å². The van der Waals surface area contributed by atoms with Crippen LogP contribution in [-0.2, 0) is 5.57 Å². The molecule has 1 aliphatic carbocycles. The molecule has 1 unspecified atom stereocenters. The number of halogens is 1. The van der Waals surface area contributed by atoms with Gasteiger partial charge in [0, 0.05) is 36.6 Å². The minimum Gasteiger partial charge on any atom is -0.370 e. The van der Waals surface area contributed by atoms with Crippen molar-refractivity contribution in [2.75, 3.05) is 17.2 Å². The lowest BCUT2D eigenvalue weighted by Gasteiger charge is -2.30. The van der Waals surface area contributed by atoms with E-state index in [1.54, 1.807) is 24.5 Å². The van der Waals surface area contributed by atoms with Crippen LogP contribution < -0.4 is 16.0 Å². The van der Waals surface area contributed by atoms with Crippen molar-refractivity contribution in [2.24, 2.45) is 0 Å². The molecule has 0 bridgehead atoms. The third-order valence-electron chi connectivity index (χ3n) is 5.79.